The number of aryl methyl sites for hydroxylation is 1. The highest BCUT2D eigenvalue weighted by Gasteiger charge is 2.15. The van der Waals surface area contributed by atoms with Gasteiger partial charge in [0.15, 0.2) is 0 Å². The van der Waals surface area contributed by atoms with Gasteiger partial charge in [-0.3, -0.25) is 0 Å². The van der Waals surface area contributed by atoms with Gasteiger partial charge in [-0.15, -0.1) is 0 Å². The molecule has 2 nitrogen and oxygen atoms in total. The molecule has 0 fully saturated rings. The maximum Gasteiger partial charge on any atom is 0.116 e. The van der Waals surface area contributed by atoms with Crippen LogP contribution in [0.15, 0.2) is 17.7 Å². The number of rotatable bonds is 0. The van der Waals surface area contributed by atoms with Crippen LogP contribution >= 0.6 is 11.6 Å². The Hall–Kier alpha value is -1.15. The van der Waals surface area contributed by atoms with Gasteiger partial charge in [0.2, 0.25) is 0 Å². The van der Waals surface area contributed by atoms with Crippen molar-refractivity contribution < 1.29 is 5.11 Å². The van der Waals surface area contributed by atoms with Crippen molar-refractivity contribution in [2.24, 2.45) is 0 Å². The first-order chi connectivity index (χ1) is 6.72. The summed E-state index contributed by atoms with van der Waals surface area (Å²) < 4.78 is 0. The summed E-state index contributed by atoms with van der Waals surface area (Å²) in [5.74, 6) is 0.293. The summed E-state index contributed by atoms with van der Waals surface area (Å²) in [4.78, 5) is 0. The molecule has 14 heavy (non-hydrogen) atoms. The summed E-state index contributed by atoms with van der Waals surface area (Å²) in [5, 5.41) is 12.8. The van der Waals surface area contributed by atoms with Gasteiger partial charge in [-0.25, -0.2) is 0 Å². The first-order valence-electron chi connectivity index (χ1n) is 4.59. The van der Waals surface area contributed by atoms with E-state index in [0.717, 1.165) is 35.4 Å². The standard InChI is InChI=1S/C11H12ClNO/c1-7-4-9(14)5-10-8(6-12)2-3-13-11(7)10/h4-6,13-14H,2-3H2,1H3/b8-6-. The fraction of sp³-hybridized carbons (Fsp3) is 0.273. The van der Waals surface area contributed by atoms with Crippen LogP contribution in [0.3, 0.4) is 0 Å². The molecular weight excluding hydrogens is 198 g/mol. The summed E-state index contributed by atoms with van der Waals surface area (Å²) in [5.41, 5.74) is 5.83. The first kappa shape index (κ1) is 9.41. The lowest BCUT2D eigenvalue weighted by molar-refractivity contribution is 0.474. The third kappa shape index (κ3) is 1.46. The van der Waals surface area contributed by atoms with Crippen molar-refractivity contribution in [3.63, 3.8) is 0 Å². The second kappa shape index (κ2) is 3.54. The van der Waals surface area contributed by atoms with Crippen LogP contribution in [0, 0.1) is 6.92 Å². The van der Waals surface area contributed by atoms with Gasteiger partial charge in [-0.05, 0) is 36.6 Å². The zero-order valence-electron chi connectivity index (χ0n) is 7.97. The molecule has 2 N–H and O–H groups in total. The lowest BCUT2D eigenvalue weighted by Crippen LogP contribution is -2.12. The van der Waals surface area contributed by atoms with E-state index in [2.05, 4.69) is 5.32 Å². The molecule has 1 aliphatic rings. The molecule has 0 aliphatic carbocycles. The van der Waals surface area contributed by atoms with Crippen molar-refractivity contribution in [1.82, 2.24) is 0 Å². The van der Waals surface area contributed by atoms with E-state index in [1.807, 2.05) is 6.92 Å². The van der Waals surface area contributed by atoms with E-state index >= 15 is 0 Å². The predicted octanol–water partition coefficient (Wildman–Crippen LogP) is 3.10. The van der Waals surface area contributed by atoms with E-state index in [1.165, 1.54) is 0 Å². The minimum Gasteiger partial charge on any atom is -0.508 e. The Morgan fingerprint density at radius 2 is 2.29 bits per heavy atom. The lowest BCUT2D eigenvalue weighted by Gasteiger charge is -2.22. The average molecular weight is 210 g/mol. The van der Waals surface area contributed by atoms with Gasteiger partial charge in [-0.1, -0.05) is 11.6 Å². The highest BCUT2D eigenvalue weighted by Crippen LogP contribution is 2.36. The molecule has 1 heterocycles. The van der Waals surface area contributed by atoms with E-state index in [4.69, 9.17) is 11.6 Å². The third-order valence-corrected chi connectivity index (χ3v) is 2.76. The molecule has 0 unspecified atom stereocenters. The molecule has 0 spiro atoms. The fourth-order valence-corrected chi connectivity index (χ4v) is 2.05. The smallest absolute Gasteiger partial charge is 0.116 e. The molecular formula is C11H12ClNO. The largest absolute Gasteiger partial charge is 0.508 e. The number of phenols is 1. The zero-order chi connectivity index (χ0) is 10.1. The molecule has 74 valence electrons. The maximum absolute atomic E-state index is 9.48. The molecule has 0 amide bonds. The monoisotopic (exact) mass is 209 g/mol. The number of nitrogens with one attached hydrogen (secondary N) is 1. The van der Waals surface area contributed by atoms with E-state index in [1.54, 1.807) is 17.7 Å². The molecule has 0 radical (unpaired) electrons. The number of fused-ring (bicyclic) bond motifs is 1. The number of benzene rings is 1. The van der Waals surface area contributed by atoms with Crippen LogP contribution in [0.2, 0.25) is 0 Å². The number of anilines is 1. The Balaban J connectivity index is 2.62. The Kier molecular flexibility index (Phi) is 2.38. The molecule has 0 saturated heterocycles. The van der Waals surface area contributed by atoms with Crippen molar-refractivity contribution in [2.45, 2.75) is 13.3 Å². The average Bonchev–Trinajstić information content (AvgIpc) is 2.17. The highest BCUT2D eigenvalue weighted by molar-refractivity contribution is 6.28. The Morgan fingerprint density at radius 3 is 3.00 bits per heavy atom. The van der Waals surface area contributed by atoms with Crippen molar-refractivity contribution >= 4 is 22.9 Å². The summed E-state index contributed by atoms with van der Waals surface area (Å²) in [6.45, 7) is 2.87. The maximum atomic E-state index is 9.48. The van der Waals surface area contributed by atoms with E-state index < -0.39 is 0 Å². The van der Waals surface area contributed by atoms with Gasteiger partial charge in [0.05, 0.1) is 0 Å². The van der Waals surface area contributed by atoms with E-state index in [9.17, 15) is 5.11 Å². The molecule has 0 atom stereocenters. The summed E-state index contributed by atoms with van der Waals surface area (Å²) in [6.07, 6.45) is 0.902. The Labute approximate surface area is 88.2 Å². The topological polar surface area (TPSA) is 32.3 Å². The van der Waals surface area contributed by atoms with Crippen molar-refractivity contribution in [2.75, 3.05) is 11.9 Å². The summed E-state index contributed by atoms with van der Waals surface area (Å²) in [6, 6.07) is 3.51. The number of aromatic hydroxyl groups is 1. The minimum atomic E-state index is 0.293. The summed E-state index contributed by atoms with van der Waals surface area (Å²) in [7, 11) is 0. The van der Waals surface area contributed by atoms with Gasteiger partial charge < -0.3 is 10.4 Å². The molecule has 1 aliphatic heterocycles. The number of halogens is 1. The van der Waals surface area contributed by atoms with Gasteiger partial charge >= 0.3 is 0 Å². The van der Waals surface area contributed by atoms with Crippen LogP contribution in [0.4, 0.5) is 5.69 Å². The molecule has 0 saturated carbocycles. The second-order valence-corrected chi connectivity index (χ2v) is 3.71. The normalized spacial score (nSPS) is 17.7. The van der Waals surface area contributed by atoms with Crippen LogP contribution in [-0.2, 0) is 0 Å². The van der Waals surface area contributed by atoms with Crippen LogP contribution < -0.4 is 5.32 Å². The van der Waals surface area contributed by atoms with E-state index in [-0.39, 0.29) is 0 Å². The number of hydrogen-bond acceptors (Lipinski definition) is 2. The number of hydrogen-bond donors (Lipinski definition) is 2. The van der Waals surface area contributed by atoms with Crippen LogP contribution in [0.1, 0.15) is 17.5 Å². The SMILES string of the molecule is Cc1cc(O)cc2c1NCC/C2=C/Cl. The number of phenolic OH excluding ortho intramolecular Hbond substituents is 1. The van der Waals surface area contributed by atoms with Crippen LogP contribution in [0.25, 0.3) is 5.57 Å². The molecule has 1 aromatic carbocycles. The molecule has 1 aromatic rings. The van der Waals surface area contributed by atoms with Gasteiger partial charge in [0, 0.05) is 23.3 Å². The van der Waals surface area contributed by atoms with Crippen molar-refractivity contribution in [3.8, 4) is 5.75 Å². The second-order valence-electron chi connectivity index (χ2n) is 3.50. The third-order valence-electron chi connectivity index (χ3n) is 2.49. The Morgan fingerprint density at radius 1 is 1.50 bits per heavy atom. The lowest BCUT2D eigenvalue weighted by atomic mass is 9.95. The molecule has 3 heteroatoms. The fourth-order valence-electron chi connectivity index (χ4n) is 1.83. The first-order valence-corrected chi connectivity index (χ1v) is 5.03. The molecule has 0 bridgehead atoms. The van der Waals surface area contributed by atoms with Crippen LogP contribution in [0.5, 0.6) is 5.75 Å². The Bertz CT molecular complexity index is 399. The molecule has 2 rings (SSSR count). The van der Waals surface area contributed by atoms with Crippen molar-refractivity contribution in [3.05, 3.63) is 28.8 Å². The van der Waals surface area contributed by atoms with Gasteiger partial charge in [-0.2, -0.15) is 0 Å². The van der Waals surface area contributed by atoms with Gasteiger partial charge in [0.1, 0.15) is 5.75 Å². The zero-order valence-corrected chi connectivity index (χ0v) is 8.73. The van der Waals surface area contributed by atoms with E-state index in [0.29, 0.717) is 5.75 Å². The highest BCUT2D eigenvalue weighted by atomic mass is 35.5. The summed E-state index contributed by atoms with van der Waals surface area (Å²) >= 11 is 5.74. The van der Waals surface area contributed by atoms with Crippen LogP contribution in [-0.4, -0.2) is 11.7 Å². The predicted molar refractivity (Wildman–Crippen MR) is 59.8 cm³/mol. The quantitative estimate of drug-likeness (QED) is 0.644. The molecule has 0 aromatic heterocycles. The minimum absolute atomic E-state index is 0.293. The van der Waals surface area contributed by atoms with Gasteiger partial charge in [0.25, 0.3) is 0 Å². The van der Waals surface area contributed by atoms with Crippen molar-refractivity contribution in [1.29, 1.82) is 0 Å².